The van der Waals surface area contributed by atoms with E-state index in [1.165, 1.54) is 0 Å². The van der Waals surface area contributed by atoms with Crippen LogP contribution in [0.1, 0.15) is 49.9 Å². The van der Waals surface area contributed by atoms with Crippen LogP contribution in [0.4, 0.5) is 0 Å². The summed E-state index contributed by atoms with van der Waals surface area (Å²) < 4.78 is 0. The standard InChI is InChI=1S/C38H32O2/c1-25-30(26-17-9-5-10-18-26)38(29-23-15-8-16-24-29)36(3)32(28-21-13-7-14-22-28)31(27-19-11-6-12-20-27)35(2,34(36)40)37(38,4)33(25)39/h5-24H,1-4H3/t35-,36+,37-,38+/m0/s1. The predicted octanol–water partition coefficient (Wildman–Crippen LogP) is 8.21. The molecule has 0 heterocycles. The van der Waals surface area contributed by atoms with Crippen LogP contribution in [-0.4, -0.2) is 11.6 Å². The summed E-state index contributed by atoms with van der Waals surface area (Å²) >= 11 is 0. The Balaban J connectivity index is 1.73. The quantitative estimate of drug-likeness (QED) is 0.272. The molecule has 4 atom stereocenters. The molecule has 0 unspecified atom stereocenters. The van der Waals surface area contributed by atoms with Crippen molar-refractivity contribution in [1.29, 1.82) is 0 Å². The van der Waals surface area contributed by atoms with Crippen LogP contribution >= 0.6 is 0 Å². The topological polar surface area (TPSA) is 34.1 Å². The number of Topliss-reactive ketones (excluding diaryl/α,β-unsaturated/α-hetero) is 2. The molecule has 0 spiro atoms. The van der Waals surface area contributed by atoms with Crippen LogP contribution in [0, 0.1) is 16.2 Å². The van der Waals surface area contributed by atoms with Crippen LogP contribution < -0.4 is 0 Å². The van der Waals surface area contributed by atoms with E-state index in [1.807, 2.05) is 79.7 Å². The Bertz CT molecular complexity index is 1750. The molecule has 196 valence electrons. The highest BCUT2D eigenvalue weighted by molar-refractivity contribution is 6.33. The van der Waals surface area contributed by atoms with E-state index in [1.54, 1.807) is 0 Å². The fourth-order valence-electron chi connectivity index (χ4n) is 9.13. The molecule has 2 nitrogen and oxygen atoms in total. The lowest BCUT2D eigenvalue weighted by Gasteiger charge is -2.55. The molecule has 40 heavy (non-hydrogen) atoms. The van der Waals surface area contributed by atoms with Crippen molar-refractivity contribution in [2.75, 3.05) is 0 Å². The van der Waals surface area contributed by atoms with E-state index in [-0.39, 0.29) is 11.6 Å². The van der Waals surface area contributed by atoms with Crippen LogP contribution in [0.15, 0.2) is 127 Å². The van der Waals surface area contributed by atoms with E-state index in [0.717, 1.165) is 44.5 Å². The minimum Gasteiger partial charge on any atom is -0.298 e. The van der Waals surface area contributed by atoms with Gasteiger partial charge in [-0.3, -0.25) is 9.59 Å². The maximum absolute atomic E-state index is 15.4. The van der Waals surface area contributed by atoms with Gasteiger partial charge in [-0.2, -0.15) is 0 Å². The Morgan fingerprint density at radius 3 is 1.30 bits per heavy atom. The Hall–Kier alpha value is -4.30. The first-order chi connectivity index (χ1) is 19.3. The minimum absolute atomic E-state index is 0.0651. The average molecular weight is 521 g/mol. The van der Waals surface area contributed by atoms with Crippen molar-refractivity contribution in [2.45, 2.75) is 33.1 Å². The van der Waals surface area contributed by atoms with Crippen molar-refractivity contribution >= 4 is 28.3 Å². The van der Waals surface area contributed by atoms with Gasteiger partial charge < -0.3 is 0 Å². The zero-order valence-electron chi connectivity index (χ0n) is 23.4. The van der Waals surface area contributed by atoms with Gasteiger partial charge in [0.1, 0.15) is 0 Å². The van der Waals surface area contributed by atoms with E-state index >= 15 is 4.79 Å². The molecule has 0 saturated heterocycles. The summed E-state index contributed by atoms with van der Waals surface area (Å²) in [6, 6.07) is 41.1. The van der Waals surface area contributed by atoms with Crippen LogP contribution in [0.2, 0.25) is 0 Å². The molecule has 3 aliphatic carbocycles. The first kappa shape index (κ1) is 24.7. The summed E-state index contributed by atoms with van der Waals surface area (Å²) in [5.74, 6) is 0.189. The summed E-state index contributed by atoms with van der Waals surface area (Å²) in [6.45, 7) is 8.23. The first-order valence-corrected chi connectivity index (χ1v) is 14.1. The van der Waals surface area contributed by atoms with E-state index in [4.69, 9.17) is 0 Å². The van der Waals surface area contributed by atoms with Gasteiger partial charge in [0.05, 0.1) is 21.7 Å². The van der Waals surface area contributed by atoms with Gasteiger partial charge in [0.25, 0.3) is 0 Å². The van der Waals surface area contributed by atoms with E-state index in [9.17, 15) is 4.79 Å². The largest absolute Gasteiger partial charge is 0.298 e. The van der Waals surface area contributed by atoms with Crippen LogP contribution in [-0.2, 0) is 15.0 Å². The molecule has 2 heteroatoms. The third-order valence-electron chi connectivity index (χ3n) is 10.6. The van der Waals surface area contributed by atoms with E-state index < -0.39 is 21.7 Å². The van der Waals surface area contributed by atoms with Gasteiger partial charge in [-0.15, -0.1) is 0 Å². The lowest BCUT2D eigenvalue weighted by Crippen LogP contribution is -2.56. The van der Waals surface area contributed by atoms with Gasteiger partial charge in [0, 0.05) is 0 Å². The lowest BCUT2D eigenvalue weighted by molar-refractivity contribution is -0.134. The minimum atomic E-state index is -1.06. The molecule has 0 amide bonds. The van der Waals surface area contributed by atoms with Gasteiger partial charge in [0.2, 0.25) is 0 Å². The normalized spacial score (nSPS) is 30.8. The molecule has 3 aliphatic rings. The van der Waals surface area contributed by atoms with Crippen molar-refractivity contribution in [1.82, 2.24) is 0 Å². The predicted molar refractivity (Wildman–Crippen MR) is 161 cm³/mol. The van der Waals surface area contributed by atoms with Gasteiger partial charge in [0.15, 0.2) is 11.6 Å². The third-order valence-corrected chi connectivity index (χ3v) is 10.6. The second-order valence-corrected chi connectivity index (χ2v) is 12.0. The van der Waals surface area contributed by atoms with Gasteiger partial charge in [-0.1, -0.05) is 121 Å². The van der Waals surface area contributed by atoms with Crippen molar-refractivity contribution in [3.8, 4) is 0 Å². The smallest absolute Gasteiger partial charge is 0.167 e. The number of hydrogen-bond donors (Lipinski definition) is 0. The van der Waals surface area contributed by atoms with Crippen LogP contribution in [0.5, 0.6) is 0 Å². The average Bonchev–Trinajstić information content (AvgIpc) is 3.37. The maximum atomic E-state index is 15.4. The zero-order chi connectivity index (χ0) is 27.9. The highest BCUT2D eigenvalue weighted by Crippen LogP contribution is 2.86. The molecule has 0 aromatic heterocycles. The Morgan fingerprint density at radius 1 is 0.475 bits per heavy atom. The van der Waals surface area contributed by atoms with Crippen molar-refractivity contribution < 1.29 is 9.59 Å². The lowest BCUT2D eigenvalue weighted by atomic mass is 9.43. The van der Waals surface area contributed by atoms with Crippen molar-refractivity contribution in [3.63, 3.8) is 0 Å². The molecular formula is C38H32O2. The number of carbonyl (C=O) groups is 2. The molecular weight excluding hydrogens is 488 g/mol. The van der Waals surface area contributed by atoms with Gasteiger partial charge in [-0.25, -0.2) is 0 Å². The maximum Gasteiger partial charge on any atom is 0.167 e. The molecule has 0 radical (unpaired) electrons. The van der Waals surface area contributed by atoms with E-state index in [2.05, 4.69) is 69.3 Å². The summed E-state index contributed by atoms with van der Waals surface area (Å²) in [4.78, 5) is 30.3. The Morgan fingerprint density at radius 2 is 0.850 bits per heavy atom. The SMILES string of the molecule is CC1=C(c2ccccc2)[C@]2(c3ccccc3)[C@@]3(C)C(=O)[C@](C)(C(c4ccccc4)=C3c3ccccc3)[C@]2(C)C1=O. The Kier molecular flexibility index (Phi) is 5.01. The number of fused-ring (bicyclic) bond motifs is 5. The zero-order valence-corrected chi connectivity index (χ0v) is 23.4. The third kappa shape index (κ3) is 2.47. The number of hydrogen-bond acceptors (Lipinski definition) is 2. The van der Waals surface area contributed by atoms with Crippen molar-refractivity contribution in [2.24, 2.45) is 16.2 Å². The molecule has 7 rings (SSSR count). The van der Waals surface area contributed by atoms with E-state index in [0.29, 0.717) is 0 Å². The van der Waals surface area contributed by atoms with Gasteiger partial charge in [-0.05, 0) is 72.2 Å². The number of ketones is 2. The summed E-state index contributed by atoms with van der Waals surface area (Å²) in [5.41, 5.74) is 3.79. The first-order valence-electron chi connectivity index (χ1n) is 14.1. The monoisotopic (exact) mass is 520 g/mol. The molecule has 1 fully saturated rings. The molecule has 2 bridgehead atoms. The Labute approximate surface area is 236 Å². The summed E-state index contributed by atoms with van der Waals surface area (Å²) in [5, 5.41) is 0. The number of benzene rings is 4. The van der Waals surface area contributed by atoms with Crippen molar-refractivity contribution in [3.05, 3.63) is 149 Å². The molecule has 4 aromatic rings. The summed E-state index contributed by atoms with van der Waals surface area (Å²) in [7, 11) is 0. The number of rotatable bonds is 4. The fraction of sp³-hybridized carbons (Fsp3) is 0.211. The number of carbonyl (C=O) groups excluding carboxylic acids is 2. The molecule has 0 N–H and O–H groups in total. The van der Waals surface area contributed by atoms with Gasteiger partial charge >= 0.3 is 0 Å². The summed E-state index contributed by atoms with van der Waals surface area (Å²) in [6.07, 6.45) is 0. The fourth-order valence-corrected chi connectivity index (χ4v) is 9.13. The highest BCUT2D eigenvalue weighted by atomic mass is 16.1. The second kappa shape index (κ2) is 8.11. The number of allylic oxidation sites excluding steroid dienone is 4. The molecule has 4 aromatic carbocycles. The molecule has 1 saturated carbocycles. The van der Waals surface area contributed by atoms with Crippen LogP contribution in [0.25, 0.3) is 16.7 Å². The second-order valence-electron chi connectivity index (χ2n) is 12.0. The van der Waals surface area contributed by atoms with Crippen LogP contribution in [0.3, 0.4) is 0 Å². The highest BCUT2D eigenvalue weighted by Gasteiger charge is 2.88. The molecule has 0 aliphatic heterocycles.